The van der Waals surface area contributed by atoms with Gasteiger partial charge in [0.1, 0.15) is 65.0 Å². The van der Waals surface area contributed by atoms with Crippen molar-refractivity contribution >= 4 is 139 Å². The normalized spacial score (nSPS) is 13.5. The lowest BCUT2D eigenvalue weighted by atomic mass is 9.91. The molecule has 15 heterocycles. The maximum Gasteiger partial charge on any atom is 0.263 e. The molecule has 0 amide bonds. The number of aromatic amines is 5. The zero-order valence-electron chi connectivity index (χ0n) is 82.3. The molecule has 734 valence electrons. The second-order valence-corrected chi connectivity index (χ2v) is 37.2. The highest BCUT2D eigenvalue weighted by atomic mass is 19.1. The van der Waals surface area contributed by atoms with Crippen molar-refractivity contribution in [2.45, 2.75) is 151 Å². The van der Waals surface area contributed by atoms with Crippen LogP contribution in [0.15, 0.2) is 287 Å². The lowest BCUT2D eigenvalue weighted by Gasteiger charge is -2.32. The number of aromatic nitrogens is 25. The van der Waals surface area contributed by atoms with Crippen molar-refractivity contribution in [1.29, 1.82) is 0 Å². The zero-order chi connectivity index (χ0) is 102. The van der Waals surface area contributed by atoms with E-state index >= 15 is 0 Å². The predicted molar refractivity (Wildman–Crippen MR) is 573 cm³/mol. The molecule has 25 rings (SSSR count). The molecule has 23 aromatic rings. The molecule has 2 aliphatic carbocycles. The van der Waals surface area contributed by atoms with Crippen LogP contribution in [0.1, 0.15) is 171 Å². The van der Waals surface area contributed by atoms with Crippen molar-refractivity contribution in [2.24, 2.45) is 0 Å². The Kier molecular flexibility index (Phi) is 25.8. The molecule has 0 radical (unpaired) electrons. The van der Waals surface area contributed by atoms with E-state index in [1.54, 1.807) is 54.4 Å². The highest BCUT2D eigenvalue weighted by Crippen LogP contribution is 2.41. The maximum absolute atomic E-state index is 14.8. The number of fused-ring (bicyclic) bond motifs is 10. The van der Waals surface area contributed by atoms with Crippen molar-refractivity contribution in [3.63, 3.8) is 0 Å². The van der Waals surface area contributed by atoms with Crippen molar-refractivity contribution in [1.82, 2.24) is 123 Å². The first-order chi connectivity index (χ1) is 71.5. The fourth-order valence-electron chi connectivity index (χ4n) is 19.7. The fourth-order valence-corrected chi connectivity index (χ4v) is 19.7. The number of pyridine rings is 5. The first kappa shape index (κ1) is 94.7. The van der Waals surface area contributed by atoms with Crippen LogP contribution in [0.5, 0.6) is 0 Å². The molecule has 0 spiro atoms. The van der Waals surface area contributed by atoms with Gasteiger partial charge in [-0.2, -0.15) is 0 Å². The number of hydrogen-bond donors (Lipinski definition) is 10. The van der Waals surface area contributed by atoms with Gasteiger partial charge in [-0.15, -0.1) is 0 Å². The maximum atomic E-state index is 14.8. The van der Waals surface area contributed by atoms with Crippen LogP contribution in [0.4, 0.5) is 33.5 Å². The number of rotatable bonds is 20. The minimum Gasteiger partial charge on any atom is -0.360 e. The quantitative estimate of drug-likeness (QED) is 0.0339. The van der Waals surface area contributed by atoms with E-state index in [-0.39, 0.29) is 69.7 Å². The summed E-state index contributed by atoms with van der Waals surface area (Å²) in [6.45, 7) is 21.9. The monoisotopic (exact) mass is 1950 g/mol. The van der Waals surface area contributed by atoms with Gasteiger partial charge in [0.15, 0.2) is 57.3 Å². The summed E-state index contributed by atoms with van der Waals surface area (Å²) >= 11 is 0. The lowest BCUT2D eigenvalue weighted by molar-refractivity contribution is 0.298. The first-order valence-corrected chi connectivity index (χ1v) is 48.6. The first-order valence-electron chi connectivity index (χ1n) is 48.6. The zero-order valence-corrected chi connectivity index (χ0v) is 82.3. The molecule has 2 unspecified atom stereocenters. The van der Waals surface area contributed by atoms with Gasteiger partial charge in [-0.05, 0) is 229 Å². The third-order valence-electron chi connectivity index (χ3n) is 27.4. The lowest BCUT2D eigenvalue weighted by Crippen LogP contribution is -2.33. The molecule has 147 heavy (non-hydrogen) atoms. The summed E-state index contributed by atoms with van der Waals surface area (Å²) in [7, 11) is 0. The molecule has 35 nitrogen and oxygen atoms in total. The van der Waals surface area contributed by atoms with Crippen LogP contribution in [0, 0.1) is 47.4 Å². The van der Waals surface area contributed by atoms with Crippen LogP contribution in [-0.2, 0) is 0 Å². The Bertz CT molecular complexity index is 9090. The minimum absolute atomic E-state index is 0.0251. The Morgan fingerprint density at radius 1 is 0.279 bits per heavy atom. The third-order valence-corrected chi connectivity index (χ3v) is 27.4. The molecule has 2 saturated carbocycles. The van der Waals surface area contributed by atoms with Crippen LogP contribution < -0.4 is 54.4 Å². The van der Waals surface area contributed by atoms with Gasteiger partial charge >= 0.3 is 0 Å². The molecule has 5 atom stereocenters. The van der Waals surface area contributed by atoms with Gasteiger partial charge in [-0.25, -0.2) is 79.2 Å². The van der Waals surface area contributed by atoms with Crippen LogP contribution in [0.25, 0.3) is 127 Å². The van der Waals surface area contributed by atoms with Crippen LogP contribution in [0.2, 0.25) is 0 Å². The van der Waals surface area contributed by atoms with Gasteiger partial charge in [0, 0.05) is 46.2 Å². The highest BCUT2D eigenvalue weighted by molar-refractivity contribution is 5.92. The summed E-state index contributed by atoms with van der Waals surface area (Å²) in [5.74, 6) is 2.73. The van der Waals surface area contributed by atoms with E-state index in [2.05, 4.69) is 164 Å². The second kappa shape index (κ2) is 40.1. The average Bonchev–Trinajstić information content (AvgIpc) is 1.62. The van der Waals surface area contributed by atoms with Crippen molar-refractivity contribution < 1.29 is 4.39 Å². The predicted octanol–water partition coefficient (Wildman–Crippen LogP) is 20.2. The summed E-state index contributed by atoms with van der Waals surface area (Å²) in [6.07, 6.45) is 20.7. The summed E-state index contributed by atoms with van der Waals surface area (Å²) in [5.41, 5.74) is 18.5. The van der Waals surface area contributed by atoms with Crippen LogP contribution in [-0.4, -0.2) is 123 Å². The summed E-state index contributed by atoms with van der Waals surface area (Å²) < 4.78 is 23.8. The number of hydrogen-bond acceptors (Lipinski definition) is 25. The van der Waals surface area contributed by atoms with Gasteiger partial charge in [-0.1, -0.05) is 140 Å². The number of para-hydroxylation sites is 3. The van der Waals surface area contributed by atoms with E-state index in [0.29, 0.717) is 80.0 Å². The van der Waals surface area contributed by atoms with E-state index in [4.69, 9.17) is 0 Å². The third kappa shape index (κ3) is 18.4. The number of nitrogens with zero attached hydrogens (tertiary/aromatic N) is 20. The summed E-state index contributed by atoms with van der Waals surface area (Å²) in [6, 6.07) is 63.4. The molecule has 8 aromatic carbocycles. The minimum atomic E-state index is -0.469. The number of anilines is 5. The Balaban J connectivity index is 0.000000108. The van der Waals surface area contributed by atoms with Gasteiger partial charge in [0.05, 0.1) is 100 Å². The van der Waals surface area contributed by atoms with Gasteiger partial charge in [0.25, 0.3) is 27.8 Å². The van der Waals surface area contributed by atoms with Gasteiger partial charge in [-0.3, -0.25) is 37.7 Å². The fraction of sp³-hybridized carbons (Fsp3) is 0.207. The molecule has 36 heteroatoms. The molecule has 0 bridgehead atoms. The van der Waals surface area contributed by atoms with E-state index in [9.17, 15) is 28.4 Å². The molecule has 0 saturated heterocycles. The Hall–Kier alpha value is -18.5. The number of nitrogens with one attached hydrogen (secondary N) is 10. The SMILES string of the molecule is Cc1cccc2cc(C(C)Nc3ncnc4nc[nH]c34)n(-c3ccccc3F)c(=O)c12.Cc1cccc2cc([C@H](C)Nc3ncnc4nc[nH]c34)n(-c3ccccc3)c(=O)c12.Cc1cccc2cc([C@H](C)Nc3ncnc4nc[nH]c34)n(C3CC3)c(=O)c12.Cc1cccc2cc([C@H](C)Nc3ncnc4nc[nH]c34)n(C3CCC3)c(=O)c12.Cc1ccccc1-n1c(C(C)Nc2ncnc3nc[nH]c23)cc2cccc(C)c2c1=O. The van der Waals surface area contributed by atoms with E-state index in [0.717, 1.165) is 164 Å². The number of halogens is 1. The molecular weight excluding hydrogens is 1850 g/mol. The highest BCUT2D eigenvalue weighted by Gasteiger charge is 2.33. The number of H-pyrrole nitrogens is 5. The van der Waals surface area contributed by atoms with Crippen LogP contribution in [0.3, 0.4) is 0 Å². The second-order valence-electron chi connectivity index (χ2n) is 37.2. The van der Waals surface area contributed by atoms with Crippen molar-refractivity contribution in [2.75, 3.05) is 26.6 Å². The molecule has 0 aliphatic heterocycles. The van der Waals surface area contributed by atoms with Gasteiger partial charge < -0.3 is 60.6 Å². The Morgan fingerprint density at radius 2 is 0.544 bits per heavy atom. The van der Waals surface area contributed by atoms with E-state index in [1.807, 2.05) is 228 Å². The van der Waals surface area contributed by atoms with Crippen molar-refractivity contribution in [3.8, 4) is 17.1 Å². The summed E-state index contributed by atoms with van der Waals surface area (Å²) in [5, 5.41) is 25.4. The van der Waals surface area contributed by atoms with Crippen LogP contribution >= 0.6 is 0 Å². The number of imidazole rings is 5. The molecule has 2 aliphatic rings. The van der Waals surface area contributed by atoms with Crippen molar-refractivity contribution in [3.05, 3.63) is 383 Å². The smallest absolute Gasteiger partial charge is 0.263 e. The standard InChI is InChI=1S/C24H22N6O.C23H19FN6O.C23H20N6O.C21H22N6O.C20H20N6O/c1-14-7-4-5-10-18(14)30-19(11-17-9-6-8-15(2)20(17)24(30)31)16(3)29-23-21-22(26-12-25-21)27-13-28-23;1-13-6-5-7-15-10-18(14(2)29-22-20-21(26-11-25-20)27-12-28-22)30(23(31)19(13)15)17-9-4-3-8-16(17)24;1-14-7-6-8-16-11-18(29(23(30)19(14)16)17-9-4-3-5-10-17)15(2)28-22-20-21(25-12-24-20)26-13-27-22;1-12-5-3-6-14-9-16(27(15-7-4-8-15)21(28)17(12)14)13(2)26-20-18-19(23-10-22-18)24-11-25-20;1-11-4-3-5-13-8-15(26(14-6-7-14)20(27)16(11)13)12(2)25-19-17-18(22-9-21-17)23-10-24-19/h4-13,16H,1-3H3,(H2,25,26,27,28,29);3-12,14H,1-2H3,(H2,25,26,27,28,29);3-13,15H,1-2H3,(H2,24,25,26,27,28);3,5-6,9-11,13,15H,4,7-8H2,1-2H3,(H2,22,23,24,25,26);3-5,8-10,12,14H,6-7H2,1-2H3,(H2,21,22,23,24,25)/t;;15-;13-;12-/m..000/s1. The number of benzene rings is 8. The molecular formula is C111H103FN30O5. The Morgan fingerprint density at radius 3 is 0.857 bits per heavy atom. The molecule has 10 N–H and O–H groups in total. The Labute approximate surface area is 838 Å². The molecule has 2 fully saturated rings. The van der Waals surface area contributed by atoms with Gasteiger partial charge in [0.2, 0.25) is 0 Å². The topological polar surface area (TPSA) is 442 Å². The molecule has 15 aromatic heterocycles. The van der Waals surface area contributed by atoms with E-state index in [1.165, 1.54) is 48.7 Å². The number of aryl methyl sites for hydroxylation is 6. The summed E-state index contributed by atoms with van der Waals surface area (Å²) in [4.78, 5) is 146. The van der Waals surface area contributed by atoms with E-state index < -0.39 is 5.82 Å². The largest absolute Gasteiger partial charge is 0.360 e. The average molecular weight is 1960 g/mol.